The van der Waals surface area contributed by atoms with E-state index in [1.165, 1.54) is 5.56 Å². The fraction of sp³-hybridized carbons (Fsp3) is 0.421. The molecular formula is C19H23N3O3. The van der Waals surface area contributed by atoms with Gasteiger partial charge in [0.2, 0.25) is 0 Å². The number of piperazine rings is 1. The van der Waals surface area contributed by atoms with Gasteiger partial charge in [-0.2, -0.15) is 0 Å². The first-order chi connectivity index (χ1) is 11.9. The minimum Gasteiger partial charge on any atom is -0.361 e. The van der Waals surface area contributed by atoms with Gasteiger partial charge in [-0.15, -0.1) is 0 Å². The van der Waals surface area contributed by atoms with Crippen molar-refractivity contribution in [1.29, 1.82) is 0 Å². The van der Waals surface area contributed by atoms with E-state index in [0.29, 0.717) is 48.8 Å². The van der Waals surface area contributed by atoms with Gasteiger partial charge in [0.1, 0.15) is 11.3 Å². The molecule has 0 N–H and O–H groups in total. The van der Waals surface area contributed by atoms with Crippen LogP contribution in [0.3, 0.4) is 0 Å². The van der Waals surface area contributed by atoms with Crippen molar-refractivity contribution in [2.24, 2.45) is 0 Å². The lowest BCUT2D eigenvalue weighted by Crippen LogP contribution is -2.50. The fourth-order valence-electron chi connectivity index (χ4n) is 3.12. The van der Waals surface area contributed by atoms with Crippen LogP contribution in [0.5, 0.6) is 0 Å². The first-order valence-corrected chi connectivity index (χ1v) is 8.47. The molecule has 1 aromatic carbocycles. The van der Waals surface area contributed by atoms with Crippen molar-refractivity contribution in [2.45, 2.75) is 27.7 Å². The van der Waals surface area contributed by atoms with Crippen LogP contribution >= 0.6 is 0 Å². The molecule has 0 aliphatic carbocycles. The maximum atomic E-state index is 12.7. The second kappa shape index (κ2) is 6.70. The van der Waals surface area contributed by atoms with Gasteiger partial charge in [0, 0.05) is 31.7 Å². The summed E-state index contributed by atoms with van der Waals surface area (Å²) >= 11 is 0. The average molecular weight is 341 g/mol. The monoisotopic (exact) mass is 341 g/mol. The van der Waals surface area contributed by atoms with Crippen LogP contribution in [0, 0.1) is 27.7 Å². The molecule has 2 heterocycles. The summed E-state index contributed by atoms with van der Waals surface area (Å²) < 4.78 is 5.08. The summed E-state index contributed by atoms with van der Waals surface area (Å²) in [5.74, 6) is 0.484. The Kier molecular flexibility index (Phi) is 4.61. The van der Waals surface area contributed by atoms with E-state index >= 15 is 0 Å². The highest BCUT2D eigenvalue weighted by molar-refractivity contribution is 5.97. The van der Waals surface area contributed by atoms with E-state index in [1.807, 2.05) is 32.0 Å². The lowest BCUT2D eigenvalue weighted by molar-refractivity contribution is 0.0534. The number of hydrogen-bond acceptors (Lipinski definition) is 4. The van der Waals surface area contributed by atoms with Gasteiger partial charge in [0.25, 0.3) is 11.8 Å². The molecule has 1 aliphatic rings. The minimum absolute atomic E-state index is 0.0209. The lowest BCUT2D eigenvalue weighted by Gasteiger charge is -2.34. The van der Waals surface area contributed by atoms with Crippen LogP contribution in [-0.2, 0) is 0 Å². The Labute approximate surface area is 147 Å². The van der Waals surface area contributed by atoms with Crippen LogP contribution in [0.4, 0.5) is 0 Å². The SMILES string of the molecule is Cc1ccc(C(=O)N2CCN(C(=O)c3c(C)noc3C)CC2)cc1C. The van der Waals surface area contributed by atoms with E-state index in [9.17, 15) is 9.59 Å². The third-order valence-corrected chi connectivity index (χ3v) is 4.86. The molecule has 0 atom stereocenters. The third-order valence-electron chi connectivity index (χ3n) is 4.86. The highest BCUT2D eigenvalue weighted by Gasteiger charge is 2.28. The van der Waals surface area contributed by atoms with Gasteiger partial charge >= 0.3 is 0 Å². The van der Waals surface area contributed by atoms with Crippen molar-refractivity contribution in [1.82, 2.24) is 15.0 Å². The molecule has 2 amide bonds. The number of rotatable bonds is 2. The molecule has 2 aromatic rings. The van der Waals surface area contributed by atoms with Gasteiger partial charge in [-0.3, -0.25) is 9.59 Å². The molecule has 6 heteroatoms. The third kappa shape index (κ3) is 3.29. The Morgan fingerprint density at radius 3 is 2.04 bits per heavy atom. The maximum Gasteiger partial charge on any atom is 0.259 e. The zero-order chi connectivity index (χ0) is 18.1. The second-order valence-corrected chi connectivity index (χ2v) is 6.58. The summed E-state index contributed by atoms with van der Waals surface area (Å²) in [5, 5.41) is 3.84. The van der Waals surface area contributed by atoms with Gasteiger partial charge in [0.15, 0.2) is 0 Å². The molecule has 0 saturated carbocycles. The highest BCUT2D eigenvalue weighted by Crippen LogP contribution is 2.18. The van der Waals surface area contributed by atoms with Crippen molar-refractivity contribution >= 4 is 11.8 Å². The largest absolute Gasteiger partial charge is 0.361 e. The Bertz CT molecular complexity index is 798. The predicted octanol–water partition coefficient (Wildman–Crippen LogP) is 2.51. The van der Waals surface area contributed by atoms with E-state index in [1.54, 1.807) is 23.6 Å². The Balaban J connectivity index is 1.66. The summed E-state index contributed by atoms with van der Waals surface area (Å²) in [6.07, 6.45) is 0. The second-order valence-electron chi connectivity index (χ2n) is 6.58. The highest BCUT2D eigenvalue weighted by atomic mass is 16.5. The van der Waals surface area contributed by atoms with Gasteiger partial charge in [0.05, 0.1) is 5.69 Å². The van der Waals surface area contributed by atoms with Gasteiger partial charge < -0.3 is 14.3 Å². The number of amides is 2. The molecule has 0 spiro atoms. The van der Waals surface area contributed by atoms with E-state index in [0.717, 1.165) is 5.56 Å². The van der Waals surface area contributed by atoms with E-state index < -0.39 is 0 Å². The number of hydrogen-bond donors (Lipinski definition) is 0. The summed E-state index contributed by atoms with van der Waals surface area (Å²) in [5.41, 5.74) is 4.13. The van der Waals surface area contributed by atoms with Crippen molar-refractivity contribution in [3.05, 3.63) is 51.9 Å². The van der Waals surface area contributed by atoms with Gasteiger partial charge in [-0.25, -0.2) is 0 Å². The van der Waals surface area contributed by atoms with E-state index in [2.05, 4.69) is 5.16 Å². The zero-order valence-electron chi connectivity index (χ0n) is 15.1. The number of benzene rings is 1. The van der Waals surface area contributed by atoms with Crippen molar-refractivity contribution in [3.8, 4) is 0 Å². The number of aromatic nitrogens is 1. The molecular weight excluding hydrogens is 318 g/mol. The summed E-state index contributed by atoms with van der Waals surface area (Å²) in [4.78, 5) is 28.9. The first-order valence-electron chi connectivity index (χ1n) is 8.47. The number of carbonyl (C=O) groups is 2. The molecule has 0 unspecified atom stereocenters. The van der Waals surface area contributed by atoms with Gasteiger partial charge in [-0.1, -0.05) is 11.2 Å². The summed E-state index contributed by atoms with van der Waals surface area (Å²) in [7, 11) is 0. The standard InChI is InChI=1S/C19H23N3O3/c1-12-5-6-16(11-13(12)2)18(23)21-7-9-22(10-8-21)19(24)17-14(3)20-25-15(17)4/h5-6,11H,7-10H2,1-4H3. The van der Waals surface area contributed by atoms with Crippen molar-refractivity contribution in [2.75, 3.05) is 26.2 Å². The van der Waals surface area contributed by atoms with Crippen LogP contribution in [0.2, 0.25) is 0 Å². The number of carbonyl (C=O) groups excluding carboxylic acids is 2. The lowest BCUT2D eigenvalue weighted by atomic mass is 10.1. The van der Waals surface area contributed by atoms with Crippen LogP contribution in [0.15, 0.2) is 22.7 Å². The Morgan fingerprint density at radius 2 is 1.52 bits per heavy atom. The predicted molar refractivity (Wildman–Crippen MR) is 93.7 cm³/mol. The Morgan fingerprint density at radius 1 is 0.920 bits per heavy atom. The van der Waals surface area contributed by atoms with Crippen LogP contribution < -0.4 is 0 Å². The maximum absolute atomic E-state index is 12.7. The summed E-state index contributed by atoms with van der Waals surface area (Å²) in [6.45, 7) is 9.63. The van der Waals surface area contributed by atoms with Gasteiger partial charge in [-0.05, 0) is 51.0 Å². The molecule has 6 nitrogen and oxygen atoms in total. The molecule has 1 saturated heterocycles. The van der Waals surface area contributed by atoms with Crippen molar-refractivity contribution in [3.63, 3.8) is 0 Å². The first kappa shape index (κ1) is 17.2. The molecule has 0 bridgehead atoms. The van der Waals surface area contributed by atoms with Crippen molar-refractivity contribution < 1.29 is 14.1 Å². The molecule has 1 aliphatic heterocycles. The Hall–Kier alpha value is -2.63. The number of nitrogens with zero attached hydrogens (tertiary/aromatic N) is 3. The summed E-state index contributed by atoms with van der Waals surface area (Å²) in [6, 6.07) is 5.77. The molecule has 25 heavy (non-hydrogen) atoms. The minimum atomic E-state index is -0.0745. The average Bonchev–Trinajstić information content (AvgIpc) is 2.95. The molecule has 0 radical (unpaired) electrons. The smallest absolute Gasteiger partial charge is 0.259 e. The molecule has 3 rings (SSSR count). The topological polar surface area (TPSA) is 66.7 Å². The number of aryl methyl sites for hydroxylation is 4. The molecule has 132 valence electrons. The van der Waals surface area contributed by atoms with Crippen LogP contribution in [0.1, 0.15) is 43.3 Å². The zero-order valence-corrected chi connectivity index (χ0v) is 15.1. The van der Waals surface area contributed by atoms with Crippen LogP contribution in [0.25, 0.3) is 0 Å². The van der Waals surface area contributed by atoms with E-state index in [-0.39, 0.29) is 11.8 Å². The fourth-order valence-corrected chi connectivity index (χ4v) is 3.12. The molecule has 1 aromatic heterocycles. The molecule has 1 fully saturated rings. The van der Waals surface area contributed by atoms with E-state index in [4.69, 9.17) is 4.52 Å². The quantitative estimate of drug-likeness (QED) is 0.842. The van der Waals surface area contributed by atoms with Crippen LogP contribution in [-0.4, -0.2) is 52.9 Å². The normalized spacial score (nSPS) is 14.7.